The zero-order chi connectivity index (χ0) is 14.7. The van der Waals surface area contributed by atoms with Gasteiger partial charge in [0.2, 0.25) is 0 Å². The van der Waals surface area contributed by atoms with Gasteiger partial charge in [-0.05, 0) is 18.1 Å². The fourth-order valence-corrected chi connectivity index (χ4v) is 2.76. The van der Waals surface area contributed by atoms with Crippen LogP contribution in [0.5, 0.6) is 5.75 Å². The smallest absolute Gasteiger partial charge is 0.145 e. The van der Waals surface area contributed by atoms with Crippen molar-refractivity contribution in [1.82, 2.24) is 10.3 Å². The van der Waals surface area contributed by atoms with Gasteiger partial charge in [0.25, 0.3) is 0 Å². The summed E-state index contributed by atoms with van der Waals surface area (Å²) in [7, 11) is 0. The number of pyridine rings is 1. The van der Waals surface area contributed by atoms with E-state index in [-0.39, 0.29) is 11.9 Å². The van der Waals surface area contributed by atoms with Crippen LogP contribution >= 0.6 is 0 Å². The van der Waals surface area contributed by atoms with E-state index in [1.807, 2.05) is 0 Å². The minimum atomic E-state index is -0.264. The Labute approximate surface area is 124 Å². The average molecular weight is 286 g/mol. The van der Waals surface area contributed by atoms with Crippen molar-refractivity contribution in [2.75, 3.05) is 6.61 Å². The molecule has 0 aliphatic carbocycles. The minimum Gasteiger partial charge on any atom is -0.493 e. The maximum Gasteiger partial charge on any atom is 0.145 e. The molecule has 3 rings (SSSR count). The highest BCUT2D eigenvalue weighted by atomic mass is 19.1. The number of hydrogen-bond acceptors (Lipinski definition) is 3. The van der Waals surface area contributed by atoms with Gasteiger partial charge in [0.05, 0.1) is 12.8 Å². The van der Waals surface area contributed by atoms with Crippen molar-refractivity contribution in [3.8, 4) is 5.75 Å². The largest absolute Gasteiger partial charge is 0.493 e. The molecule has 1 aromatic heterocycles. The fourth-order valence-electron chi connectivity index (χ4n) is 2.76. The molecule has 0 saturated carbocycles. The van der Waals surface area contributed by atoms with Crippen molar-refractivity contribution < 1.29 is 9.13 Å². The molecule has 2 heterocycles. The number of benzene rings is 1. The Balaban J connectivity index is 1.78. The van der Waals surface area contributed by atoms with E-state index in [0.29, 0.717) is 18.7 Å². The molecule has 1 unspecified atom stereocenters. The Morgan fingerprint density at radius 3 is 3.05 bits per heavy atom. The maximum atomic E-state index is 13.6. The molecule has 2 aromatic rings. The molecule has 21 heavy (non-hydrogen) atoms. The Morgan fingerprint density at radius 1 is 1.33 bits per heavy atom. The lowest BCUT2D eigenvalue weighted by Gasteiger charge is -2.28. The van der Waals surface area contributed by atoms with Crippen LogP contribution in [0, 0.1) is 5.82 Å². The van der Waals surface area contributed by atoms with Crippen molar-refractivity contribution >= 4 is 0 Å². The summed E-state index contributed by atoms with van der Waals surface area (Å²) >= 11 is 0. The lowest BCUT2D eigenvalue weighted by atomic mass is 9.96. The van der Waals surface area contributed by atoms with Crippen LogP contribution in [0.3, 0.4) is 0 Å². The number of nitrogens with one attached hydrogen (secondary N) is 1. The van der Waals surface area contributed by atoms with Gasteiger partial charge in [-0.3, -0.25) is 4.98 Å². The normalized spacial score (nSPS) is 17.1. The number of hydrogen-bond donors (Lipinski definition) is 1. The second kappa shape index (κ2) is 6.22. The van der Waals surface area contributed by atoms with Crippen molar-refractivity contribution in [1.29, 1.82) is 0 Å². The molecule has 0 amide bonds. The first-order valence-corrected chi connectivity index (χ1v) is 7.36. The third-order valence-corrected chi connectivity index (χ3v) is 3.93. The number of nitrogens with zero attached hydrogens (tertiary/aromatic N) is 1. The predicted octanol–water partition coefficient (Wildman–Crippen LogP) is 3.40. The van der Waals surface area contributed by atoms with Crippen LogP contribution < -0.4 is 10.1 Å². The molecule has 0 radical (unpaired) electrons. The summed E-state index contributed by atoms with van der Waals surface area (Å²) in [6.45, 7) is 3.32. The molecule has 4 heteroatoms. The number of ether oxygens (including phenoxy) is 1. The van der Waals surface area contributed by atoms with E-state index in [9.17, 15) is 4.39 Å². The molecule has 0 bridgehead atoms. The molecular weight excluding hydrogens is 267 g/mol. The maximum absolute atomic E-state index is 13.6. The third kappa shape index (κ3) is 2.90. The second-order valence-electron chi connectivity index (χ2n) is 5.23. The lowest BCUT2D eigenvalue weighted by Crippen LogP contribution is -2.27. The molecule has 110 valence electrons. The first-order valence-electron chi connectivity index (χ1n) is 7.36. The molecular formula is C17H19FN2O. The van der Waals surface area contributed by atoms with Gasteiger partial charge in [-0.25, -0.2) is 4.39 Å². The number of aromatic nitrogens is 1. The Bertz CT molecular complexity index is 630. The second-order valence-corrected chi connectivity index (χ2v) is 5.23. The monoisotopic (exact) mass is 286 g/mol. The summed E-state index contributed by atoms with van der Waals surface area (Å²) in [5, 5.41) is 3.44. The van der Waals surface area contributed by atoms with Crippen LogP contribution in [-0.4, -0.2) is 11.6 Å². The zero-order valence-electron chi connectivity index (χ0n) is 12.1. The number of aryl methyl sites for hydroxylation is 1. The standard InChI is InChI=1S/C17H19FN2O/c1-2-12-4-3-5-14-16(7-9-21-17(12)14)20-10-13-6-8-19-11-15(13)18/h3-6,8,11,16,20H,2,7,9-10H2,1H3. The summed E-state index contributed by atoms with van der Waals surface area (Å²) in [5.41, 5.74) is 3.05. The van der Waals surface area contributed by atoms with E-state index in [1.165, 1.54) is 17.3 Å². The van der Waals surface area contributed by atoms with Gasteiger partial charge >= 0.3 is 0 Å². The zero-order valence-corrected chi connectivity index (χ0v) is 12.1. The Kier molecular flexibility index (Phi) is 4.15. The van der Waals surface area contributed by atoms with E-state index >= 15 is 0 Å². The Hall–Kier alpha value is -1.94. The van der Waals surface area contributed by atoms with E-state index in [0.717, 1.165) is 18.6 Å². The van der Waals surface area contributed by atoms with E-state index < -0.39 is 0 Å². The number of rotatable bonds is 4. The highest BCUT2D eigenvalue weighted by Gasteiger charge is 2.22. The highest BCUT2D eigenvalue weighted by Crippen LogP contribution is 2.35. The van der Waals surface area contributed by atoms with Crippen LogP contribution in [0.15, 0.2) is 36.7 Å². The van der Waals surface area contributed by atoms with Crippen LogP contribution in [0.25, 0.3) is 0 Å². The van der Waals surface area contributed by atoms with Crippen molar-refractivity contribution in [2.45, 2.75) is 32.4 Å². The summed E-state index contributed by atoms with van der Waals surface area (Å²) in [5.74, 6) is 0.735. The lowest BCUT2D eigenvalue weighted by molar-refractivity contribution is 0.249. The highest BCUT2D eigenvalue weighted by molar-refractivity contribution is 5.44. The van der Waals surface area contributed by atoms with Gasteiger partial charge in [-0.1, -0.05) is 25.1 Å². The number of fused-ring (bicyclic) bond motifs is 1. The molecule has 1 aliphatic heterocycles. The van der Waals surface area contributed by atoms with Crippen LogP contribution in [-0.2, 0) is 13.0 Å². The van der Waals surface area contributed by atoms with Crippen molar-refractivity contribution in [2.24, 2.45) is 0 Å². The molecule has 1 aliphatic rings. The third-order valence-electron chi connectivity index (χ3n) is 3.93. The molecule has 0 spiro atoms. The SMILES string of the molecule is CCc1cccc2c1OCCC2NCc1ccncc1F. The molecule has 1 aromatic carbocycles. The quantitative estimate of drug-likeness (QED) is 0.935. The first-order chi connectivity index (χ1) is 10.3. The van der Waals surface area contributed by atoms with Gasteiger partial charge in [0, 0.05) is 36.3 Å². The number of para-hydroxylation sites is 1. The summed E-state index contributed by atoms with van der Waals surface area (Å²) < 4.78 is 19.5. The summed E-state index contributed by atoms with van der Waals surface area (Å²) in [6.07, 6.45) is 4.72. The topological polar surface area (TPSA) is 34.1 Å². The van der Waals surface area contributed by atoms with Gasteiger partial charge in [0.15, 0.2) is 0 Å². The van der Waals surface area contributed by atoms with Gasteiger partial charge in [-0.15, -0.1) is 0 Å². The van der Waals surface area contributed by atoms with Crippen LogP contribution in [0.2, 0.25) is 0 Å². The molecule has 1 N–H and O–H groups in total. The summed E-state index contributed by atoms with van der Waals surface area (Å²) in [6, 6.07) is 8.17. The number of halogens is 1. The van der Waals surface area contributed by atoms with Gasteiger partial charge in [0.1, 0.15) is 11.6 Å². The molecule has 0 fully saturated rings. The van der Waals surface area contributed by atoms with Gasteiger partial charge in [-0.2, -0.15) is 0 Å². The Morgan fingerprint density at radius 2 is 2.24 bits per heavy atom. The van der Waals surface area contributed by atoms with Gasteiger partial charge < -0.3 is 10.1 Å². The van der Waals surface area contributed by atoms with E-state index in [4.69, 9.17) is 4.74 Å². The predicted molar refractivity (Wildman–Crippen MR) is 79.7 cm³/mol. The summed E-state index contributed by atoms with van der Waals surface area (Å²) in [4.78, 5) is 3.78. The van der Waals surface area contributed by atoms with E-state index in [2.05, 4.69) is 35.4 Å². The van der Waals surface area contributed by atoms with Crippen LogP contribution in [0.1, 0.15) is 36.1 Å². The average Bonchev–Trinajstić information content (AvgIpc) is 2.53. The fraction of sp³-hybridized carbons (Fsp3) is 0.353. The minimum absolute atomic E-state index is 0.202. The molecule has 3 nitrogen and oxygen atoms in total. The first kappa shape index (κ1) is 14.0. The van der Waals surface area contributed by atoms with Crippen LogP contribution in [0.4, 0.5) is 4.39 Å². The molecule has 1 atom stereocenters. The van der Waals surface area contributed by atoms with Crippen molar-refractivity contribution in [3.05, 3.63) is 59.2 Å². The van der Waals surface area contributed by atoms with E-state index in [1.54, 1.807) is 12.3 Å². The van der Waals surface area contributed by atoms with Crippen molar-refractivity contribution in [3.63, 3.8) is 0 Å². The molecule has 0 saturated heterocycles.